The van der Waals surface area contributed by atoms with Crippen LogP contribution in [-0.4, -0.2) is 46.1 Å². The minimum Gasteiger partial charge on any atom is -0.394 e. The lowest BCUT2D eigenvalue weighted by atomic mass is 10.0. The highest BCUT2D eigenvalue weighted by atomic mass is 16.3. The molecule has 3 atom stereocenters. The summed E-state index contributed by atoms with van der Waals surface area (Å²) in [6.45, 7) is 4.01. The molecule has 42 heavy (non-hydrogen) atoms. The lowest BCUT2D eigenvalue weighted by Crippen LogP contribution is -2.48. The molecule has 0 aromatic rings. The highest BCUT2D eigenvalue weighted by Gasteiger charge is 2.22. The second-order valence-corrected chi connectivity index (χ2v) is 11.7. The van der Waals surface area contributed by atoms with E-state index in [1.165, 1.54) is 77.0 Å². The Morgan fingerprint density at radius 1 is 0.595 bits per heavy atom. The van der Waals surface area contributed by atoms with Crippen molar-refractivity contribution in [3.8, 4) is 0 Å². The molecule has 0 fully saturated rings. The van der Waals surface area contributed by atoms with Gasteiger partial charge in [-0.25, -0.2) is 0 Å². The summed E-state index contributed by atoms with van der Waals surface area (Å²) in [5, 5.41) is 32.8. The zero-order valence-corrected chi connectivity index (χ0v) is 27.4. The van der Waals surface area contributed by atoms with Gasteiger partial charge >= 0.3 is 0 Å². The second-order valence-electron chi connectivity index (χ2n) is 11.7. The normalized spacial score (nSPS) is 14.5. The number of nitrogens with one attached hydrogen (secondary N) is 1. The Morgan fingerprint density at radius 3 is 1.57 bits per heavy atom. The number of hydrogen-bond acceptors (Lipinski definition) is 4. The molecule has 0 saturated heterocycles. The Hall–Kier alpha value is -1.69. The average Bonchev–Trinajstić information content (AvgIpc) is 2.99. The van der Waals surface area contributed by atoms with E-state index in [-0.39, 0.29) is 6.61 Å². The van der Waals surface area contributed by atoms with Crippen LogP contribution in [-0.2, 0) is 4.79 Å². The second kappa shape index (κ2) is 32.2. The lowest BCUT2D eigenvalue weighted by molar-refractivity contribution is -0.131. The topological polar surface area (TPSA) is 89.8 Å². The SMILES string of the molecule is CC/C=C/CC/C=C/CC/C=C/C(O)C(CO)NC(=O)C(O)CCCCCCCC/C=C\CCCCCCCCCC. The number of unbranched alkanes of at least 4 members (excludes halogenated alkanes) is 16. The zero-order chi connectivity index (χ0) is 30.9. The summed E-state index contributed by atoms with van der Waals surface area (Å²) in [5.41, 5.74) is 0. The third-order valence-electron chi connectivity index (χ3n) is 7.63. The van der Waals surface area contributed by atoms with Crippen LogP contribution >= 0.6 is 0 Å². The average molecular weight is 590 g/mol. The smallest absolute Gasteiger partial charge is 0.249 e. The van der Waals surface area contributed by atoms with Gasteiger partial charge in [-0.3, -0.25) is 4.79 Å². The first-order valence-corrected chi connectivity index (χ1v) is 17.5. The van der Waals surface area contributed by atoms with Crippen molar-refractivity contribution in [1.82, 2.24) is 5.32 Å². The van der Waals surface area contributed by atoms with E-state index in [1.54, 1.807) is 6.08 Å². The molecule has 3 unspecified atom stereocenters. The van der Waals surface area contributed by atoms with E-state index in [9.17, 15) is 20.1 Å². The summed E-state index contributed by atoms with van der Waals surface area (Å²) in [4.78, 5) is 12.3. The van der Waals surface area contributed by atoms with E-state index in [2.05, 4.69) is 55.6 Å². The fourth-order valence-corrected chi connectivity index (χ4v) is 4.86. The Balaban J connectivity index is 3.79. The van der Waals surface area contributed by atoms with Crippen LogP contribution in [0.3, 0.4) is 0 Å². The summed E-state index contributed by atoms with van der Waals surface area (Å²) >= 11 is 0. The van der Waals surface area contributed by atoms with Crippen LogP contribution < -0.4 is 5.32 Å². The molecule has 0 bridgehead atoms. The number of amides is 1. The molecule has 0 rings (SSSR count). The monoisotopic (exact) mass is 590 g/mol. The summed E-state index contributed by atoms with van der Waals surface area (Å²) < 4.78 is 0. The maximum Gasteiger partial charge on any atom is 0.249 e. The van der Waals surface area contributed by atoms with Crippen LogP contribution in [0.5, 0.6) is 0 Å². The Kier molecular flexibility index (Phi) is 30.9. The number of carbonyl (C=O) groups is 1. The standard InChI is InChI=1S/C37H67NO4/c1-3-5-7-9-11-13-15-16-17-18-19-20-21-22-24-26-28-30-32-36(41)37(42)38-34(33-39)35(40)31-29-27-25-23-14-12-10-8-6-4-2/h6,8,14,18-19,23,29,31,34-36,39-41H,3-5,7,9-13,15-17,20-22,24-28,30,32-33H2,1-2H3,(H,38,42)/b8-6+,19-18-,23-14+,31-29+. The Morgan fingerprint density at radius 2 is 1.05 bits per heavy atom. The van der Waals surface area contributed by atoms with Gasteiger partial charge in [0.2, 0.25) is 5.91 Å². The van der Waals surface area contributed by atoms with Crippen molar-refractivity contribution in [1.29, 1.82) is 0 Å². The predicted octanol–water partition coefficient (Wildman–Crippen LogP) is 9.03. The fraction of sp³-hybridized carbons (Fsp3) is 0.757. The highest BCUT2D eigenvalue weighted by Crippen LogP contribution is 2.12. The molecule has 0 spiro atoms. The molecule has 244 valence electrons. The van der Waals surface area contributed by atoms with Gasteiger partial charge in [0.25, 0.3) is 0 Å². The van der Waals surface area contributed by atoms with Gasteiger partial charge in [-0.1, -0.05) is 140 Å². The minimum atomic E-state index is -1.11. The Bertz CT molecular complexity index is 700. The van der Waals surface area contributed by atoms with Crippen LogP contribution in [0.2, 0.25) is 0 Å². The van der Waals surface area contributed by atoms with E-state index in [1.807, 2.05) is 6.08 Å². The summed E-state index contributed by atoms with van der Waals surface area (Å²) in [6.07, 6.45) is 39.9. The predicted molar refractivity (Wildman–Crippen MR) is 181 cm³/mol. The lowest BCUT2D eigenvalue weighted by Gasteiger charge is -2.21. The van der Waals surface area contributed by atoms with Gasteiger partial charge < -0.3 is 20.6 Å². The molecular formula is C37H67NO4. The van der Waals surface area contributed by atoms with E-state index < -0.39 is 24.2 Å². The number of allylic oxidation sites excluding steroid dienone is 7. The van der Waals surface area contributed by atoms with Crippen molar-refractivity contribution in [3.63, 3.8) is 0 Å². The third kappa shape index (κ3) is 27.2. The first kappa shape index (κ1) is 40.3. The Labute approximate surface area is 259 Å². The molecule has 0 aromatic heterocycles. The molecule has 0 aromatic carbocycles. The van der Waals surface area contributed by atoms with Gasteiger partial charge in [-0.05, 0) is 64.2 Å². The minimum absolute atomic E-state index is 0.385. The molecule has 5 heteroatoms. The van der Waals surface area contributed by atoms with E-state index >= 15 is 0 Å². The van der Waals surface area contributed by atoms with Crippen LogP contribution in [0.4, 0.5) is 0 Å². The summed E-state index contributed by atoms with van der Waals surface area (Å²) in [6, 6.07) is -0.821. The molecule has 0 heterocycles. The van der Waals surface area contributed by atoms with Crippen molar-refractivity contribution in [2.24, 2.45) is 0 Å². The van der Waals surface area contributed by atoms with Gasteiger partial charge in [0, 0.05) is 0 Å². The van der Waals surface area contributed by atoms with Crippen molar-refractivity contribution in [3.05, 3.63) is 48.6 Å². The molecule has 0 aliphatic carbocycles. The van der Waals surface area contributed by atoms with Crippen molar-refractivity contribution in [2.45, 2.75) is 173 Å². The number of hydrogen-bond donors (Lipinski definition) is 4. The molecule has 0 saturated carbocycles. The fourth-order valence-electron chi connectivity index (χ4n) is 4.86. The van der Waals surface area contributed by atoms with Crippen molar-refractivity contribution < 1.29 is 20.1 Å². The van der Waals surface area contributed by atoms with E-state index in [0.29, 0.717) is 6.42 Å². The number of aliphatic hydroxyl groups is 3. The van der Waals surface area contributed by atoms with Gasteiger partial charge in [0.05, 0.1) is 18.8 Å². The highest BCUT2D eigenvalue weighted by molar-refractivity contribution is 5.80. The number of rotatable bonds is 30. The largest absolute Gasteiger partial charge is 0.394 e. The molecular weight excluding hydrogens is 522 g/mol. The molecule has 5 nitrogen and oxygen atoms in total. The molecule has 4 N–H and O–H groups in total. The first-order valence-electron chi connectivity index (χ1n) is 17.5. The van der Waals surface area contributed by atoms with Crippen LogP contribution in [0, 0.1) is 0 Å². The quantitative estimate of drug-likeness (QED) is 0.0497. The molecule has 0 aliphatic heterocycles. The number of carbonyl (C=O) groups excluding carboxylic acids is 1. The molecule has 0 radical (unpaired) electrons. The van der Waals surface area contributed by atoms with Gasteiger partial charge in [-0.15, -0.1) is 0 Å². The first-order chi connectivity index (χ1) is 20.6. The van der Waals surface area contributed by atoms with E-state index in [4.69, 9.17) is 0 Å². The van der Waals surface area contributed by atoms with Crippen LogP contribution in [0.15, 0.2) is 48.6 Å². The maximum absolute atomic E-state index is 12.3. The van der Waals surface area contributed by atoms with Crippen molar-refractivity contribution >= 4 is 5.91 Å². The summed E-state index contributed by atoms with van der Waals surface area (Å²) in [5.74, 6) is -0.527. The van der Waals surface area contributed by atoms with E-state index in [0.717, 1.165) is 57.8 Å². The third-order valence-corrected chi connectivity index (χ3v) is 7.63. The molecule has 0 aliphatic rings. The zero-order valence-electron chi connectivity index (χ0n) is 27.4. The summed E-state index contributed by atoms with van der Waals surface area (Å²) in [7, 11) is 0. The number of aliphatic hydroxyl groups excluding tert-OH is 3. The molecule has 1 amide bonds. The van der Waals surface area contributed by atoms with Gasteiger partial charge in [0.15, 0.2) is 0 Å². The van der Waals surface area contributed by atoms with Gasteiger partial charge in [-0.2, -0.15) is 0 Å². The van der Waals surface area contributed by atoms with Crippen molar-refractivity contribution in [2.75, 3.05) is 6.61 Å². The maximum atomic E-state index is 12.3. The van der Waals surface area contributed by atoms with Crippen LogP contribution in [0.1, 0.15) is 155 Å². The van der Waals surface area contributed by atoms with Gasteiger partial charge in [0.1, 0.15) is 6.10 Å². The van der Waals surface area contributed by atoms with Crippen LogP contribution in [0.25, 0.3) is 0 Å².